The van der Waals surface area contributed by atoms with Crippen LogP contribution in [0.25, 0.3) is 11.4 Å². The predicted octanol–water partition coefficient (Wildman–Crippen LogP) is 3.18. The number of hydrogen-bond acceptors (Lipinski definition) is 4. The molecule has 6 heteroatoms. The zero-order valence-corrected chi connectivity index (χ0v) is 16.7. The summed E-state index contributed by atoms with van der Waals surface area (Å²) in [5.74, 6) is 0.439. The van der Waals surface area contributed by atoms with Gasteiger partial charge in [-0.05, 0) is 44.4 Å². The van der Waals surface area contributed by atoms with Gasteiger partial charge in [0.15, 0.2) is 0 Å². The zero-order valence-electron chi connectivity index (χ0n) is 16.7. The SMILES string of the molecule is Cc1cccc(CN(C(=O)Cc2c(C)nc(-c3cccnc3)[nH]c2=O)C2CC2)c1. The van der Waals surface area contributed by atoms with Crippen molar-refractivity contribution in [2.24, 2.45) is 0 Å². The fraction of sp³-hybridized carbons (Fsp3) is 0.304. The van der Waals surface area contributed by atoms with E-state index in [2.05, 4.69) is 21.0 Å². The molecule has 0 atom stereocenters. The van der Waals surface area contributed by atoms with E-state index in [-0.39, 0.29) is 23.9 Å². The van der Waals surface area contributed by atoms with Crippen LogP contribution in [0.5, 0.6) is 0 Å². The lowest BCUT2D eigenvalue weighted by Gasteiger charge is -2.23. The first kappa shape index (κ1) is 19.1. The first-order valence-corrected chi connectivity index (χ1v) is 9.86. The first-order chi connectivity index (χ1) is 14.0. The molecule has 1 amide bonds. The van der Waals surface area contributed by atoms with Crippen molar-refractivity contribution in [3.05, 3.63) is 81.5 Å². The molecule has 148 valence electrons. The molecule has 1 aliphatic rings. The van der Waals surface area contributed by atoms with Crippen molar-refractivity contribution in [1.82, 2.24) is 19.9 Å². The number of nitrogens with zero attached hydrogens (tertiary/aromatic N) is 3. The standard InChI is InChI=1S/C23H24N4O2/c1-15-5-3-6-17(11-15)14-27(19-8-9-19)21(28)12-20-16(2)25-22(26-23(20)29)18-7-4-10-24-13-18/h3-7,10-11,13,19H,8-9,12,14H2,1-2H3,(H,25,26,29). The highest BCUT2D eigenvalue weighted by Crippen LogP contribution is 2.29. The number of carbonyl (C=O) groups excluding carboxylic acids is 1. The average Bonchev–Trinajstić information content (AvgIpc) is 3.54. The minimum Gasteiger partial charge on any atom is -0.335 e. The van der Waals surface area contributed by atoms with Crippen molar-refractivity contribution in [2.45, 2.75) is 45.7 Å². The number of nitrogens with one attached hydrogen (secondary N) is 1. The summed E-state index contributed by atoms with van der Waals surface area (Å²) in [5, 5.41) is 0. The van der Waals surface area contributed by atoms with Gasteiger partial charge in [-0.15, -0.1) is 0 Å². The summed E-state index contributed by atoms with van der Waals surface area (Å²) in [6, 6.07) is 12.1. The highest BCUT2D eigenvalue weighted by molar-refractivity contribution is 5.79. The number of H-pyrrole nitrogens is 1. The Labute approximate surface area is 169 Å². The smallest absolute Gasteiger partial charge is 0.255 e. The Kier molecular flexibility index (Phi) is 5.25. The molecule has 0 aliphatic heterocycles. The highest BCUT2D eigenvalue weighted by atomic mass is 16.2. The van der Waals surface area contributed by atoms with Crippen molar-refractivity contribution in [3.63, 3.8) is 0 Å². The Balaban J connectivity index is 1.56. The Morgan fingerprint density at radius 2 is 2.03 bits per heavy atom. The molecular formula is C23H24N4O2. The van der Waals surface area contributed by atoms with Gasteiger partial charge in [0.1, 0.15) is 5.82 Å². The summed E-state index contributed by atoms with van der Waals surface area (Å²) in [6.07, 6.45) is 5.42. The number of aryl methyl sites for hydroxylation is 2. The van der Waals surface area contributed by atoms with E-state index < -0.39 is 0 Å². The molecule has 2 heterocycles. The molecule has 0 spiro atoms. The Morgan fingerprint density at radius 3 is 2.69 bits per heavy atom. The van der Waals surface area contributed by atoms with E-state index in [4.69, 9.17) is 0 Å². The van der Waals surface area contributed by atoms with Crippen molar-refractivity contribution in [2.75, 3.05) is 0 Å². The van der Waals surface area contributed by atoms with Crippen LogP contribution in [0, 0.1) is 13.8 Å². The van der Waals surface area contributed by atoms with E-state index >= 15 is 0 Å². The van der Waals surface area contributed by atoms with Gasteiger partial charge in [0.2, 0.25) is 5.91 Å². The topological polar surface area (TPSA) is 79.0 Å². The number of amides is 1. The van der Waals surface area contributed by atoms with Gasteiger partial charge in [0.05, 0.1) is 6.42 Å². The van der Waals surface area contributed by atoms with Gasteiger partial charge in [-0.1, -0.05) is 29.8 Å². The number of pyridine rings is 1. The second-order valence-corrected chi connectivity index (χ2v) is 7.64. The fourth-order valence-corrected chi connectivity index (χ4v) is 3.53. The molecule has 0 saturated heterocycles. The summed E-state index contributed by atoms with van der Waals surface area (Å²) in [7, 11) is 0. The van der Waals surface area contributed by atoms with E-state index in [1.54, 1.807) is 25.4 Å². The van der Waals surface area contributed by atoms with Crippen LogP contribution in [0.3, 0.4) is 0 Å². The number of aromatic amines is 1. The summed E-state index contributed by atoms with van der Waals surface area (Å²) >= 11 is 0. The van der Waals surface area contributed by atoms with Gasteiger partial charge in [0, 0.05) is 41.8 Å². The van der Waals surface area contributed by atoms with Crippen LogP contribution in [-0.2, 0) is 17.8 Å². The number of rotatable bonds is 6. The Morgan fingerprint density at radius 1 is 1.21 bits per heavy atom. The molecule has 1 saturated carbocycles. The maximum Gasteiger partial charge on any atom is 0.255 e. The monoisotopic (exact) mass is 388 g/mol. The van der Waals surface area contributed by atoms with Crippen LogP contribution >= 0.6 is 0 Å². The molecule has 1 aromatic carbocycles. The molecular weight excluding hydrogens is 364 g/mol. The molecule has 2 aromatic heterocycles. The van der Waals surface area contributed by atoms with Gasteiger partial charge in [0.25, 0.3) is 5.56 Å². The summed E-state index contributed by atoms with van der Waals surface area (Å²) in [5.41, 5.74) is 3.76. The van der Waals surface area contributed by atoms with E-state index in [9.17, 15) is 9.59 Å². The largest absolute Gasteiger partial charge is 0.335 e. The maximum absolute atomic E-state index is 13.1. The van der Waals surface area contributed by atoms with E-state index in [1.165, 1.54) is 5.56 Å². The first-order valence-electron chi connectivity index (χ1n) is 9.86. The average molecular weight is 388 g/mol. The molecule has 29 heavy (non-hydrogen) atoms. The fourth-order valence-electron chi connectivity index (χ4n) is 3.53. The molecule has 4 rings (SSSR count). The molecule has 1 N–H and O–H groups in total. The lowest BCUT2D eigenvalue weighted by atomic mass is 10.1. The van der Waals surface area contributed by atoms with Crippen LogP contribution < -0.4 is 5.56 Å². The molecule has 6 nitrogen and oxygen atoms in total. The third-order valence-corrected chi connectivity index (χ3v) is 5.23. The predicted molar refractivity (Wildman–Crippen MR) is 111 cm³/mol. The molecule has 0 unspecified atom stereocenters. The van der Waals surface area contributed by atoms with Gasteiger partial charge >= 0.3 is 0 Å². The van der Waals surface area contributed by atoms with Crippen molar-refractivity contribution < 1.29 is 4.79 Å². The molecule has 1 fully saturated rings. The lowest BCUT2D eigenvalue weighted by molar-refractivity contribution is -0.131. The van der Waals surface area contributed by atoms with Crippen molar-refractivity contribution in [3.8, 4) is 11.4 Å². The van der Waals surface area contributed by atoms with Crippen LogP contribution in [0.2, 0.25) is 0 Å². The molecule has 3 aromatic rings. The number of hydrogen-bond donors (Lipinski definition) is 1. The normalized spacial score (nSPS) is 13.3. The molecule has 0 bridgehead atoms. The summed E-state index contributed by atoms with van der Waals surface area (Å²) in [6.45, 7) is 4.40. The molecule has 0 radical (unpaired) electrons. The minimum atomic E-state index is -0.268. The maximum atomic E-state index is 13.1. The number of carbonyl (C=O) groups is 1. The van der Waals surface area contributed by atoms with Gasteiger partial charge in [-0.2, -0.15) is 0 Å². The summed E-state index contributed by atoms with van der Waals surface area (Å²) < 4.78 is 0. The third kappa shape index (κ3) is 4.42. The van der Waals surface area contributed by atoms with Gasteiger partial charge in [-0.25, -0.2) is 4.98 Å². The minimum absolute atomic E-state index is 0.0291. The van der Waals surface area contributed by atoms with Crippen LogP contribution in [0.15, 0.2) is 53.6 Å². The summed E-state index contributed by atoms with van der Waals surface area (Å²) in [4.78, 5) is 39.0. The third-order valence-electron chi connectivity index (χ3n) is 5.23. The Bertz CT molecular complexity index is 1090. The van der Waals surface area contributed by atoms with Gasteiger partial charge in [-0.3, -0.25) is 14.6 Å². The van der Waals surface area contributed by atoms with Crippen LogP contribution in [-0.4, -0.2) is 31.8 Å². The Hall–Kier alpha value is -3.28. The molecule has 1 aliphatic carbocycles. The lowest BCUT2D eigenvalue weighted by Crippen LogP contribution is -2.35. The van der Waals surface area contributed by atoms with Crippen LogP contribution in [0.1, 0.15) is 35.2 Å². The second kappa shape index (κ2) is 7.99. The highest BCUT2D eigenvalue weighted by Gasteiger charge is 2.33. The van der Waals surface area contributed by atoms with Crippen LogP contribution in [0.4, 0.5) is 0 Å². The second-order valence-electron chi connectivity index (χ2n) is 7.64. The van der Waals surface area contributed by atoms with Gasteiger partial charge < -0.3 is 9.88 Å². The number of aromatic nitrogens is 3. The van der Waals surface area contributed by atoms with E-state index in [1.807, 2.05) is 36.1 Å². The zero-order chi connectivity index (χ0) is 20.4. The van der Waals surface area contributed by atoms with Crippen molar-refractivity contribution >= 4 is 5.91 Å². The van der Waals surface area contributed by atoms with E-state index in [0.29, 0.717) is 23.6 Å². The quantitative estimate of drug-likeness (QED) is 0.703. The number of benzene rings is 1. The van der Waals surface area contributed by atoms with E-state index in [0.717, 1.165) is 24.0 Å². The van der Waals surface area contributed by atoms with Crippen molar-refractivity contribution in [1.29, 1.82) is 0 Å².